The van der Waals surface area contributed by atoms with Crippen molar-refractivity contribution >= 4 is 5.91 Å². The summed E-state index contributed by atoms with van der Waals surface area (Å²) in [5.41, 5.74) is 1.26. The van der Waals surface area contributed by atoms with Crippen molar-refractivity contribution in [1.82, 2.24) is 5.32 Å². The van der Waals surface area contributed by atoms with E-state index in [1.165, 1.54) is 0 Å². The van der Waals surface area contributed by atoms with E-state index in [0.717, 1.165) is 11.1 Å². The average Bonchev–Trinajstić information content (AvgIpc) is 2.24. The molecule has 0 heterocycles. The van der Waals surface area contributed by atoms with Crippen LogP contribution in [0, 0.1) is 13.8 Å². The fraction of sp³-hybridized carbons (Fsp3) is 0.500. The highest BCUT2D eigenvalue weighted by molar-refractivity contribution is 5.77. The van der Waals surface area contributed by atoms with Crippen LogP contribution in [-0.4, -0.2) is 29.8 Å². The Morgan fingerprint density at radius 3 is 2.61 bits per heavy atom. The molecule has 0 bridgehead atoms. The van der Waals surface area contributed by atoms with Gasteiger partial charge in [-0.3, -0.25) is 4.79 Å². The zero-order valence-electron chi connectivity index (χ0n) is 11.4. The lowest BCUT2D eigenvalue weighted by atomic mass is 10.1. The summed E-state index contributed by atoms with van der Waals surface area (Å²) in [6.07, 6.45) is 0. The zero-order valence-corrected chi connectivity index (χ0v) is 11.4. The van der Waals surface area contributed by atoms with Crippen LogP contribution in [0.5, 0.6) is 5.75 Å². The molecule has 4 heteroatoms. The first-order valence-electron chi connectivity index (χ1n) is 5.97. The molecule has 2 N–H and O–H groups in total. The number of hydrogen-bond donors (Lipinski definition) is 2. The van der Waals surface area contributed by atoms with E-state index in [2.05, 4.69) is 5.32 Å². The monoisotopic (exact) mass is 251 g/mol. The lowest BCUT2D eigenvalue weighted by molar-refractivity contribution is -0.124. The first-order chi connectivity index (χ1) is 8.28. The van der Waals surface area contributed by atoms with E-state index < -0.39 is 5.60 Å². The molecule has 0 unspecified atom stereocenters. The maximum absolute atomic E-state index is 11.5. The standard InChI is InChI=1S/C14H21NO3/c1-10-5-6-12(11(2)7-10)18-8-13(16)15-9-14(3,4)17/h5-7,17H,8-9H2,1-4H3,(H,15,16). The van der Waals surface area contributed by atoms with Gasteiger partial charge in [0.1, 0.15) is 5.75 Å². The normalized spacial score (nSPS) is 11.2. The van der Waals surface area contributed by atoms with Gasteiger partial charge >= 0.3 is 0 Å². The molecule has 1 amide bonds. The molecule has 0 aromatic heterocycles. The van der Waals surface area contributed by atoms with E-state index in [1.807, 2.05) is 32.0 Å². The highest BCUT2D eigenvalue weighted by Gasteiger charge is 2.14. The van der Waals surface area contributed by atoms with Crippen LogP contribution in [0.25, 0.3) is 0 Å². The molecule has 1 rings (SSSR count). The predicted octanol–water partition coefficient (Wildman–Crippen LogP) is 1.57. The summed E-state index contributed by atoms with van der Waals surface area (Å²) in [6, 6.07) is 5.80. The summed E-state index contributed by atoms with van der Waals surface area (Å²) < 4.78 is 5.43. The third-order valence-corrected chi connectivity index (χ3v) is 2.41. The number of hydrogen-bond acceptors (Lipinski definition) is 3. The highest BCUT2D eigenvalue weighted by atomic mass is 16.5. The molecular weight excluding hydrogens is 230 g/mol. The number of aryl methyl sites for hydroxylation is 2. The molecule has 0 aliphatic heterocycles. The second kappa shape index (κ2) is 5.87. The van der Waals surface area contributed by atoms with Gasteiger partial charge in [-0.25, -0.2) is 0 Å². The van der Waals surface area contributed by atoms with Crippen molar-refractivity contribution in [2.75, 3.05) is 13.2 Å². The van der Waals surface area contributed by atoms with Gasteiger partial charge in [0, 0.05) is 6.54 Å². The van der Waals surface area contributed by atoms with Crippen molar-refractivity contribution in [3.05, 3.63) is 29.3 Å². The summed E-state index contributed by atoms with van der Waals surface area (Å²) in [7, 11) is 0. The highest BCUT2D eigenvalue weighted by Crippen LogP contribution is 2.18. The van der Waals surface area contributed by atoms with Crippen LogP contribution in [-0.2, 0) is 4.79 Å². The van der Waals surface area contributed by atoms with Crippen LogP contribution in [0.15, 0.2) is 18.2 Å². The second-order valence-corrected chi connectivity index (χ2v) is 5.15. The molecule has 0 saturated heterocycles. The van der Waals surface area contributed by atoms with Crippen LogP contribution in [0.4, 0.5) is 0 Å². The molecule has 18 heavy (non-hydrogen) atoms. The van der Waals surface area contributed by atoms with Crippen LogP contribution < -0.4 is 10.1 Å². The van der Waals surface area contributed by atoms with Crippen LogP contribution in [0.3, 0.4) is 0 Å². The van der Waals surface area contributed by atoms with E-state index in [0.29, 0.717) is 5.75 Å². The quantitative estimate of drug-likeness (QED) is 0.835. The molecule has 0 atom stereocenters. The van der Waals surface area contributed by atoms with Crippen molar-refractivity contribution in [3.8, 4) is 5.75 Å². The number of benzene rings is 1. The largest absolute Gasteiger partial charge is 0.484 e. The molecular formula is C14H21NO3. The van der Waals surface area contributed by atoms with E-state index in [4.69, 9.17) is 4.74 Å². The first-order valence-corrected chi connectivity index (χ1v) is 5.97. The van der Waals surface area contributed by atoms with Crippen LogP contribution in [0.1, 0.15) is 25.0 Å². The van der Waals surface area contributed by atoms with Crippen molar-refractivity contribution in [1.29, 1.82) is 0 Å². The van der Waals surface area contributed by atoms with Crippen molar-refractivity contribution in [2.45, 2.75) is 33.3 Å². The molecule has 0 fully saturated rings. The van der Waals surface area contributed by atoms with E-state index in [9.17, 15) is 9.90 Å². The predicted molar refractivity (Wildman–Crippen MR) is 70.7 cm³/mol. The minimum atomic E-state index is -0.907. The van der Waals surface area contributed by atoms with E-state index in [1.54, 1.807) is 13.8 Å². The average molecular weight is 251 g/mol. The maximum atomic E-state index is 11.5. The first kappa shape index (κ1) is 14.5. The molecule has 1 aromatic carbocycles. The topological polar surface area (TPSA) is 58.6 Å². The van der Waals surface area contributed by atoms with Gasteiger partial charge in [0.2, 0.25) is 0 Å². The van der Waals surface area contributed by atoms with Gasteiger partial charge in [0.15, 0.2) is 6.61 Å². The molecule has 0 aliphatic rings. The number of aliphatic hydroxyl groups is 1. The van der Waals surface area contributed by atoms with Gasteiger partial charge < -0.3 is 15.2 Å². The van der Waals surface area contributed by atoms with Gasteiger partial charge in [-0.05, 0) is 39.3 Å². The van der Waals surface area contributed by atoms with Crippen molar-refractivity contribution in [3.63, 3.8) is 0 Å². The number of carbonyl (C=O) groups excluding carboxylic acids is 1. The Balaban J connectivity index is 2.43. The Morgan fingerprint density at radius 2 is 2.06 bits per heavy atom. The minimum Gasteiger partial charge on any atom is -0.484 e. The molecule has 0 saturated carbocycles. The number of nitrogens with one attached hydrogen (secondary N) is 1. The van der Waals surface area contributed by atoms with E-state index in [-0.39, 0.29) is 19.1 Å². The molecule has 4 nitrogen and oxygen atoms in total. The summed E-state index contributed by atoms with van der Waals surface area (Å²) >= 11 is 0. The van der Waals surface area contributed by atoms with Crippen LogP contribution >= 0.6 is 0 Å². The minimum absolute atomic E-state index is 0.0417. The molecule has 1 aromatic rings. The third kappa shape index (κ3) is 5.19. The molecule has 0 spiro atoms. The Kier molecular flexibility index (Phi) is 4.73. The number of amides is 1. The Morgan fingerprint density at radius 1 is 1.39 bits per heavy atom. The zero-order chi connectivity index (χ0) is 13.8. The van der Waals surface area contributed by atoms with Gasteiger partial charge in [-0.15, -0.1) is 0 Å². The third-order valence-electron chi connectivity index (χ3n) is 2.41. The fourth-order valence-corrected chi connectivity index (χ4v) is 1.47. The van der Waals surface area contributed by atoms with Gasteiger partial charge in [-0.1, -0.05) is 17.7 Å². The number of carbonyl (C=O) groups is 1. The molecule has 100 valence electrons. The maximum Gasteiger partial charge on any atom is 0.258 e. The second-order valence-electron chi connectivity index (χ2n) is 5.15. The van der Waals surface area contributed by atoms with Gasteiger partial charge in [0.25, 0.3) is 5.91 Å². The lowest BCUT2D eigenvalue weighted by Gasteiger charge is -2.17. The summed E-state index contributed by atoms with van der Waals surface area (Å²) in [5, 5.41) is 12.1. The summed E-state index contributed by atoms with van der Waals surface area (Å²) in [6.45, 7) is 7.39. The van der Waals surface area contributed by atoms with Gasteiger partial charge in [-0.2, -0.15) is 0 Å². The number of rotatable bonds is 5. The fourth-order valence-electron chi connectivity index (χ4n) is 1.47. The smallest absolute Gasteiger partial charge is 0.258 e. The van der Waals surface area contributed by atoms with Crippen molar-refractivity contribution in [2.24, 2.45) is 0 Å². The van der Waals surface area contributed by atoms with Crippen molar-refractivity contribution < 1.29 is 14.6 Å². The molecule has 0 radical (unpaired) electrons. The number of ether oxygens (including phenoxy) is 1. The summed E-state index contributed by atoms with van der Waals surface area (Å²) in [4.78, 5) is 11.5. The SMILES string of the molecule is Cc1ccc(OCC(=O)NCC(C)(C)O)c(C)c1. The Labute approximate surface area is 108 Å². The van der Waals surface area contributed by atoms with Gasteiger partial charge in [0.05, 0.1) is 5.60 Å². The Bertz CT molecular complexity index is 422. The molecule has 0 aliphatic carbocycles. The Hall–Kier alpha value is -1.55. The lowest BCUT2D eigenvalue weighted by Crippen LogP contribution is -2.40. The summed E-state index contributed by atoms with van der Waals surface area (Å²) in [5.74, 6) is 0.469. The van der Waals surface area contributed by atoms with Crippen LogP contribution in [0.2, 0.25) is 0 Å². The van der Waals surface area contributed by atoms with E-state index >= 15 is 0 Å².